The Hall–Kier alpha value is -2.57. The summed E-state index contributed by atoms with van der Waals surface area (Å²) in [4.78, 5) is 40.4. The molecule has 0 aromatic heterocycles. The van der Waals surface area contributed by atoms with Gasteiger partial charge in [0.25, 0.3) is 5.91 Å². The third kappa shape index (κ3) is 4.29. The molecular weight excluding hydrogens is 360 g/mol. The number of nitrogens with zero attached hydrogens (tertiary/aromatic N) is 2. The number of unbranched alkanes of at least 4 members (excludes halogenated alkanes) is 1. The van der Waals surface area contributed by atoms with Crippen LogP contribution in [0.3, 0.4) is 0 Å². The standard InChI is InChI=1S/C21H28N2O5/c1-3-4-8-18-14-28-21(26)23(18)17-9-11-22(12-10-17)19(24)15-6-5-7-16(13-15)20(25)27-2/h5-7,13,17-18H,3-4,8-12,14H2,1-2H3. The van der Waals surface area contributed by atoms with Gasteiger partial charge in [-0.1, -0.05) is 25.8 Å². The number of esters is 1. The van der Waals surface area contributed by atoms with E-state index in [1.807, 2.05) is 4.90 Å². The molecule has 1 aromatic carbocycles. The van der Waals surface area contributed by atoms with Gasteiger partial charge in [-0.2, -0.15) is 0 Å². The second-order valence-electron chi connectivity index (χ2n) is 7.38. The molecule has 2 saturated heterocycles. The lowest BCUT2D eigenvalue weighted by Crippen LogP contribution is -2.49. The lowest BCUT2D eigenvalue weighted by Gasteiger charge is -2.38. The molecule has 152 valence electrons. The average Bonchev–Trinajstić information content (AvgIpc) is 3.11. The Morgan fingerprint density at radius 2 is 1.93 bits per heavy atom. The first kappa shape index (κ1) is 20.2. The Morgan fingerprint density at radius 3 is 2.61 bits per heavy atom. The summed E-state index contributed by atoms with van der Waals surface area (Å²) in [5, 5.41) is 0. The van der Waals surface area contributed by atoms with Crippen molar-refractivity contribution < 1.29 is 23.9 Å². The van der Waals surface area contributed by atoms with Crippen LogP contribution in [0.5, 0.6) is 0 Å². The van der Waals surface area contributed by atoms with E-state index >= 15 is 0 Å². The van der Waals surface area contributed by atoms with Gasteiger partial charge in [-0.05, 0) is 37.5 Å². The third-order valence-corrected chi connectivity index (χ3v) is 5.57. The average molecular weight is 388 g/mol. The van der Waals surface area contributed by atoms with E-state index in [9.17, 15) is 14.4 Å². The molecule has 0 bridgehead atoms. The topological polar surface area (TPSA) is 76.2 Å². The molecule has 1 atom stereocenters. The van der Waals surface area contributed by atoms with Crippen molar-refractivity contribution in [3.63, 3.8) is 0 Å². The number of piperidine rings is 1. The van der Waals surface area contributed by atoms with E-state index in [1.165, 1.54) is 7.11 Å². The molecule has 7 nitrogen and oxygen atoms in total. The predicted molar refractivity (Wildman–Crippen MR) is 103 cm³/mol. The fourth-order valence-corrected chi connectivity index (χ4v) is 4.01. The van der Waals surface area contributed by atoms with E-state index in [2.05, 4.69) is 6.92 Å². The Bertz CT molecular complexity index is 727. The van der Waals surface area contributed by atoms with Crippen molar-refractivity contribution in [1.29, 1.82) is 0 Å². The van der Waals surface area contributed by atoms with Crippen LogP contribution in [0.4, 0.5) is 4.79 Å². The number of hydrogen-bond acceptors (Lipinski definition) is 5. The van der Waals surface area contributed by atoms with Crippen LogP contribution in [0, 0.1) is 0 Å². The number of likely N-dealkylation sites (tertiary alicyclic amines) is 1. The van der Waals surface area contributed by atoms with E-state index in [0.29, 0.717) is 30.8 Å². The van der Waals surface area contributed by atoms with E-state index in [1.54, 1.807) is 29.2 Å². The molecule has 3 rings (SSSR count). The molecule has 28 heavy (non-hydrogen) atoms. The highest BCUT2D eigenvalue weighted by molar-refractivity contribution is 5.98. The summed E-state index contributed by atoms with van der Waals surface area (Å²) < 4.78 is 10.0. The molecule has 2 heterocycles. The molecule has 1 aromatic rings. The molecule has 0 spiro atoms. The predicted octanol–water partition coefficient (Wildman–Crippen LogP) is 3.09. The smallest absolute Gasteiger partial charge is 0.410 e. The van der Waals surface area contributed by atoms with Gasteiger partial charge in [-0.25, -0.2) is 9.59 Å². The van der Waals surface area contributed by atoms with E-state index < -0.39 is 5.97 Å². The highest BCUT2D eigenvalue weighted by Gasteiger charge is 2.39. The SMILES string of the molecule is CCCCC1COC(=O)N1C1CCN(C(=O)c2cccc(C(=O)OC)c2)CC1. The first-order chi connectivity index (χ1) is 13.5. The van der Waals surface area contributed by atoms with Crippen LogP contribution in [-0.2, 0) is 9.47 Å². The van der Waals surface area contributed by atoms with Crippen LogP contribution in [0.15, 0.2) is 24.3 Å². The third-order valence-electron chi connectivity index (χ3n) is 5.57. The minimum Gasteiger partial charge on any atom is -0.465 e. The van der Waals surface area contributed by atoms with E-state index in [0.717, 1.165) is 32.1 Å². The van der Waals surface area contributed by atoms with Gasteiger partial charge in [0.05, 0.1) is 18.7 Å². The zero-order valence-electron chi connectivity index (χ0n) is 16.6. The van der Waals surface area contributed by atoms with E-state index in [4.69, 9.17) is 9.47 Å². The lowest BCUT2D eigenvalue weighted by atomic mass is 9.99. The normalized spacial score (nSPS) is 20.2. The fraction of sp³-hybridized carbons (Fsp3) is 0.571. The van der Waals surface area contributed by atoms with Gasteiger partial charge in [0, 0.05) is 24.7 Å². The number of methoxy groups -OCH3 is 1. The number of benzene rings is 1. The van der Waals surface area contributed by atoms with Crippen LogP contribution in [-0.4, -0.2) is 66.7 Å². The summed E-state index contributed by atoms with van der Waals surface area (Å²) in [7, 11) is 1.32. The maximum Gasteiger partial charge on any atom is 0.410 e. The second kappa shape index (κ2) is 9.08. The zero-order valence-corrected chi connectivity index (χ0v) is 16.6. The molecule has 1 unspecified atom stereocenters. The molecule has 0 N–H and O–H groups in total. The van der Waals surface area contributed by atoms with Gasteiger partial charge in [0.1, 0.15) is 6.61 Å². The number of carbonyl (C=O) groups is 3. The van der Waals surface area contributed by atoms with Crippen LogP contribution >= 0.6 is 0 Å². The molecule has 7 heteroatoms. The molecular formula is C21H28N2O5. The fourth-order valence-electron chi connectivity index (χ4n) is 4.01. The quantitative estimate of drug-likeness (QED) is 0.700. The number of carbonyl (C=O) groups excluding carboxylic acids is 3. The summed E-state index contributed by atoms with van der Waals surface area (Å²) >= 11 is 0. The molecule has 2 aliphatic rings. The summed E-state index contributed by atoms with van der Waals surface area (Å²) in [6.45, 7) is 3.77. The van der Waals surface area contributed by atoms with Crippen molar-refractivity contribution in [3.8, 4) is 0 Å². The molecule has 0 radical (unpaired) electrons. The van der Waals surface area contributed by atoms with Crippen molar-refractivity contribution in [2.45, 2.75) is 51.1 Å². The maximum absolute atomic E-state index is 12.8. The zero-order chi connectivity index (χ0) is 20.1. The monoisotopic (exact) mass is 388 g/mol. The summed E-state index contributed by atoms with van der Waals surface area (Å²) in [5.74, 6) is -0.560. The minimum atomic E-state index is -0.459. The molecule has 0 saturated carbocycles. The molecule has 2 fully saturated rings. The Balaban J connectivity index is 1.61. The summed E-state index contributed by atoms with van der Waals surface area (Å²) in [5.41, 5.74) is 0.838. The Kier molecular flexibility index (Phi) is 6.54. The Morgan fingerprint density at radius 1 is 1.21 bits per heavy atom. The first-order valence-electron chi connectivity index (χ1n) is 9.98. The van der Waals surface area contributed by atoms with Gasteiger partial charge in [0.15, 0.2) is 0 Å². The van der Waals surface area contributed by atoms with Crippen molar-refractivity contribution in [3.05, 3.63) is 35.4 Å². The maximum atomic E-state index is 12.8. The number of rotatable bonds is 6. The minimum absolute atomic E-state index is 0.101. The lowest BCUT2D eigenvalue weighted by molar-refractivity contribution is 0.0600. The molecule has 2 amide bonds. The number of amides is 2. The van der Waals surface area contributed by atoms with Crippen molar-refractivity contribution in [2.75, 3.05) is 26.8 Å². The number of ether oxygens (including phenoxy) is 2. The summed E-state index contributed by atoms with van der Waals surface area (Å²) in [6, 6.07) is 6.85. The van der Waals surface area contributed by atoms with Gasteiger partial charge in [-0.15, -0.1) is 0 Å². The largest absolute Gasteiger partial charge is 0.465 e. The van der Waals surface area contributed by atoms with Crippen LogP contribution < -0.4 is 0 Å². The highest BCUT2D eigenvalue weighted by atomic mass is 16.6. The second-order valence-corrected chi connectivity index (χ2v) is 7.38. The number of hydrogen-bond donors (Lipinski definition) is 0. The van der Waals surface area contributed by atoms with Crippen LogP contribution in [0.1, 0.15) is 59.7 Å². The number of cyclic esters (lactones) is 1. The Labute approximate surface area is 165 Å². The summed E-state index contributed by atoms with van der Waals surface area (Å²) in [6.07, 6.45) is 4.38. The van der Waals surface area contributed by atoms with Crippen molar-refractivity contribution in [1.82, 2.24) is 9.80 Å². The molecule has 2 aliphatic heterocycles. The molecule has 0 aliphatic carbocycles. The van der Waals surface area contributed by atoms with Crippen molar-refractivity contribution in [2.24, 2.45) is 0 Å². The van der Waals surface area contributed by atoms with Crippen LogP contribution in [0.2, 0.25) is 0 Å². The van der Waals surface area contributed by atoms with Crippen molar-refractivity contribution >= 4 is 18.0 Å². The van der Waals surface area contributed by atoms with Gasteiger partial charge < -0.3 is 14.4 Å². The first-order valence-corrected chi connectivity index (χ1v) is 9.98. The van der Waals surface area contributed by atoms with Crippen LogP contribution in [0.25, 0.3) is 0 Å². The van der Waals surface area contributed by atoms with Gasteiger partial charge in [0.2, 0.25) is 0 Å². The van der Waals surface area contributed by atoms with Gasteiger partial charge >= 0.3 is 12.1 Å². The highest BCUT2D eigenvalue weighted by Crippen LogP contribution is 2.27. The van der Waals surface area contributed by atoms with E-state index in [-0.39, 0.29) is 24.1 Å². The van der Waals surface area contributed by atoms with Gasteiger partial charge in [-0.3, -0.25) is 9.69 Å².